The molecule has 2 heterocycles. The van der Waals surface area contributed by atoms with Crippen molar-refractivity contribution < 1.29 is 58.0 Å². The maximum absolute atomic E-state index is 13.9. The molecule has 4 N–H and O–H groups in total. The Labute approximate surface area is 298 Å². The lowest BCUT2D eigenvalue weighted by Crippen LogP contribution is -2.32. The van der Waals surface area contributed by atoms with Gasteiger partial charge in [0, 0.05) is 22.8 Å². The van der Waals surface area contributed by atoms with Crippen LogP contribution in [0.4, 0.5) is 0 Å². The first-order valence-corrected chi connectivity index (χ1v) is 16.9. The van der Waals surface area contributed by atoms with Crippen LogP contribution in [-0.2, 0) is 31.9 Å². The monoisotopic (exact) mass is 714 g/mol. The van der Waals surface area contributed by atoms with Gasteiger partial charge in [-0.05, 0) is 79.2 Å². The Morgan fingerprint density at radius 1 is 0.941 bits per heavy atom. The number of ketones is 1. The molecule has 0 saturated heterocycles. The molecule has 0 bridgehead atoms. The minimum absolute atomic E-state index is 0.0682. The van der Waals surface area contributed by atoms with Crippen LogP contribution < -0.4 is 34.6 Å². The van der Waals surface area contributed by atoms with Crippen LogP contribution in [0.25, 0.3) is 0 Å². The van der Waals surface area contributed by atoms with Crippen molar-refractivity contribution in [2.75, 3.05) is 34.2 Å². The first kappa shape index (κ1) is 39.4. The van der Waals surface area contributed by atoms with Crippen LogP contribution in [0.15, 0.2) is 29.8 Å². The number of hydrogen-bond acceptors (Lipinski definition) is 12. The molecule has 2 aromatic carbocycles. The molecule has 0 fully saturated rings. The van der Waals surface area contributed by atoms with Crippen LogP contribution >= 0.6 is 0 Å². The van der Waals surface area contributed by atoms with Crippen molar-refractivity contribution in [1.82, 2.24) is 11.0 Å². The highest BCUT2D eigenvalue weighted by atomic mass is 16.7. The molecule has 0 spiro atoms. The number of methoxy groups -OCH3 is 2. The highest BCUT2D eigenvalue weighted by Crippen LogP contribution is 2.48. The van der Waals surface area contributed by atoms with E-state index in [0.717, 1.165) is 29.5 Å². The van der Waals surface area contributed by atoms with Crippen molar-refractivity contribution >= 4 is 17.6 Å². The van der Waals surface area contributed by atoms with E-state index in [1.807, 2.05) is 39.8 Å². The van der Waals surface area contributed by atoms with Crippen LogP contribution in [0, 0.1) is 0 Å². The highest BCUT2D eigenvalue weighted by molar-refractivity contribution is 6.03. The van der Waals surface area contributed by atoms with Gasteiger partial charge in [0.25, 0.3) is 11.8 Å². The summed E-state index contributed by atoms with van der Waals surface area (Å²) >= 11 is 0. The molecule has 0 radical (unpaired) electrons. The zero-order chi connectivity index (χ0) is 37.3. The fraction of sp³-hybridized carbons (Fsp3) is 0.541. The minimum Gasteiger partial charge on any atom is -0.496 e. The molecule has 280 valence electrons. The Balaban J connectivity index is 1.54. The van der Waals surface area contributed by atoms with Crippen molar-refractivity contribution in [3.63, 3.8) is 0 Å². The summed E-state index contributed by atoms with van der Waals surface area (Å²) in [4.78, 5) is 36.8. The van der Waals surface area contributed by atoms with Gasteiger partial charge in [-0.1, -0.05) is 17.7 Å². The molecule has 51 heavy (non-hydrogen) atoms. The highest BCUT2D eigenvalue weighted by Gasteiger charge is 2.36. The molecule has 14 nitrogen and oxygen atoms in total. The second kappa shape index (κ2) is 17.2. The summed E-state index contributed by atoms with van der Waals surface area (Å²) in [7, 11) is 3.04. The number of hydrogen-bond donors (Lipinski definition) is 4. The van der Waals surface area contributed by atoms with Crippen molar-refractivity contribution in [3.05, 3.63) is 52.1 Å². The maximum atomic E-state index is 13.9. The van der Waals surface area contributed by atoms with Crippen molar-refractivity contribution in [1.29, 1.82) is 0 Å². The zero-order valence-corrected chi connectivity index (χ0v) is 30.4. The Morgan fingerprint density at radius 3 is 2.24 bits per heavy atom. The Hall–Kier alpha value is -4.37. The number of fused-ring (bicyclic) bond motifs is 2. The second-order valence-electron chi connectivity index (χ2n) is 13.8. The average Bonchev–Trinajstić information content (AvgIpc) is 3.59. The number of amides is 2. The summed E-state index contributed by atoms with van der Waals surface area (Å²) < 4.78 is 41.0. The fourth-order valence-electron chi connectivity index (χ4n) is 6.18. The second-order valence-corrected chi connectivity index (χ2v) is 13.8. The zero-order valence-electron chi connectivity index (χ0n) is 30.4. The van der Waals surface area contributed by atoms with E-state index in [2.05, 4.69) is 13.0 Å². The van der Waals surface area contributed by atoms with E-state index in [1.165, 1.54) is 14.2 Å². The van der Waals surface area contributed by atoms with E-state index < -0.39 is 29.1 Å². The minimum atomic E-state index is -0.738. The molecule has 2 aromatic rings. The van der Waals surface area contributed by atoms with Crippen molar-refractivity contribution in [2.45, 2.75) is 96.9 Å². The van der Waals surface area contributed by atoms with Gasteiger partial charge in [-0.15, -0.1) is 0 Å². The van der Waals surface area contributed by atoms with E-state index in [9.17, 15) is 14.4 Å². The smallest absolute Gasteiger partial charge is 0.269 e. The Bertz CT molecular complexity index is 1620. The molecule has 0 saturated carbocycles. The number of rotatable bonds is 18. The number of carbonyl (C=O) groups is 3. The van der Waals surface area contributed by atoms with E-state index >= 15 is 0 Å². The van der Waals surface area contributed by atoms with Crippen LogP contribution in [-0.4, -0.2) is 73.4 Å². The predicted molar refractivity (Wildman–Crippen MR) is 184 cm³/mol. The summed E-state index contributed by atoms with van der Waals surface area (Å²) in [6, 6.07) is 5.46. The third kappa shape index (κ3) is 10.1. The van der Waals surface area contributed by atoms with E-state index in [1.54, 1.807) is 17.0 Å². The Morgan fingerprint density at radius 2 is 1.61 bits per heavy atom. The number of nitrogens with one attached hydrogen (secondary N) is 2. The number of ether oxygens (including phenoxy) is 7. The number of allylic oxidation sites excluding steroid dienone is 2. The number of benzene rings is 2. The molecule has 1 atom stereocenters. The molecular formula is C37H50N2O12. The van der Waals surface area contributed by atoms with E-state index in [0.29, 0.717) is 65.6 Å². The third-order valence-electron chi connectivity index (χ3n) is 9.09. The number of Topliss-reactive ketones (excluding diaryl/α,β-unsaturated/α-hetero) is 1. The lowest BCUT2D eigenvalue weighted by Gasteiger charge is -2.30. The maximum Gasteiger partial charge on any atom is 0.269 e. The van der Waals surface area contributed by atoms with Gasteiger partial charge in [-0.25, -0.2) is 11.0 Å². The molecule has 0 aliphatic carbocycles. The van der Waals surface area contributed by atoms with Gasteiger partial charge in [0.1, 0.15) is 42.1 Å². The van der Waals surface area contributed by atoms with Crippen LogP contribution in [0.1, 0.15) is 99.9 Å². The van der Waals surface area contributed by atoms with Crippen molar-refractivity contribution in [2.24, 2.45) is 0 Å². The van der Waals surface area contributed by atoms with Crippen LogP contribution in [0.5, 0.6) is 28.7 Å². The molecule has 4 rings (SSSR count). The quantitative estimate of drug-likeness (QED) is 0.0887. The largest absolute Gasteiger partial charge is 0.496 e. The summed E-state index contributed by atoms with van der Waals surface area (Å²) in [6.07, 6.45) is 5.31. The molecule has 2 aliphatic heterocycles. The van der Waals surface area contributed by atoms with Gasteiger partial charge < -0.3 is 33.2 Å². The van der Waals surface area contributed by atoms with Gasteiger partial charge >= 0.3 is 0 Å². The first-order chi connectivity index (χ1) is 24.2. The summed E-state index contributed by atoms with van der Waals surface area (Å²) in [5.41, 5.74) is 5.71. The standard InChI is InChI=1S/C37H50N2O12/c1-22(9-8-15-36(2,3)49-19-31(41)38-43)10-11-24-23(12-13-27-34(24)48-21-47-27)29-17-26(40)33-30(51-29)18-28(45-6)25(35(33)46-7)14-16-37(4,5)50-20-32(42)39-44/h10,12-13,18,29,43-44H,8-9,11,14-17,19-21H2,1-7H3,(H,38,41)(H,39,42)/b22-10+. The van der Waals surface area contributed by atoms with Gasteiger partial charge in [0.2, 0.25) is 6.79 Å². The van der Waals surface area contributed by atoms with Gasteiger partial charge in [0.15, 0.2) is 17.3 Å². The Kier molecular flexibility index (Phi) is 13.3. The van der Waals surface area contributed by atoms with Crippen molar-refractivity contribution in [3.8, 4) is 28.7 Å². The fourth-order valence-corrected chi connectivity index (χ4v) is 6.18. The average molecular weight is 715 g/mol. The SMILES string of the molecule is COc1cc2c(c(OC)c1CCC(C)(C)OCC(=O)NO)C(=O)CC(c1ccc3c(c1C/C=C(\C)CCCC(C)(C)OCC(=O)NO)OCO3)O2. The molecular weight excluding hydrogens is 664 g/mol. The summed E-state index contributed by atoms with van der Waals surface area (Å²) in [5.74, 6) is 1.06. The number of hydroxylamine groups is 2. The molecule has 0 aromatic heterocycles. The normalized spacial score (nSPS) is 15.6. The first-order valence-electron chi connectivity index (χ1n) is 16.9. The molecule has 2 amide bonds. The lowest BCUT2D eigenvalue weighted by molar-refractivity contribution is -0.140. The topological polar surface area (TPSA) is 180 Å². The lowest BCUT2D eigenvalue weighted by atomic mass is 9.88. The van der Waals surface area contributed by atoms with E-state index in [4.69, 9.17) is 43.6 Å². The van der Waals surface area contributed by atoms with E-state index in [-0.39, 0.29) is 32.2 Å². The molecule has 14 heteroatoms. The summed E-state index contributed by atoms with van der Waals surface area (Å²) in [5, 5.41) is 17.5. The summed E-state index contributed by atoms with van der Waals surface area (Å²) in [6.45, 7) is 9.09. The van der Waals surface area contributed by atoms with Crippen LogP contribution in [0.2, 0.25) is 0 Å². The van der Waals surface area contributed by atoms with Gasteiger partial charge in [-0.3, -0.25) is 24.8 Å². The van der Waals surface area contributed by atoms with Gasteiger partial charge in [-0.2, -0.15) is 0 Å². The molecule has 2 aliphatic rings. The van der Waals surface area contributed by atoms with Gasteiger partial charge in [0.05, 0.1) is 31.8 Å². The van der Waals surface area contributed by atoms with Crippen LogP contribution in [0.3, 0.4) is 0 Å². The third-order valence-corrected chi connectivity index (χ3v) is 9.09. The predicted octanol–water partition coefficient (Wildman–Crippen LogP) is 5.33. The number of carbonyl (C=O) groups excluding carboxylic acids is 3. The molecule has 1 unspecified atom stereocenters.